The molecule has 11 nitrogen and oxygen atoms in total. The highest BCUT2D eigenvalue weighted by Crippen LogP contribution is 2.26. The molecule has 2 aliphatic heterocycles. The second-order valence-electron chi connectivity index (χ2n) is 8.08. The van der Waals surface area contributed by atoms with E-state index in [1.54, 1.807) is 20.1 Å². The lowest BCUT2D eigenvalue weighted by Gasteiger charge is -2.27. The molecule has 32 heavy (non-hydrogen) atoms. The van der Waals surface area contributed by atoms with Crippen LogP contribution >= 0.6 is 11.8 Å². The van der Waals surface area contributed by atoms with Gasteiger partial charge in [-0.15, -0.1) is 10.2 Å². The van der Waals surface area contributed by atoms with E-state index in [1.165, 1.54) is 18.2 Å². The van der Waals surface area contributed by atoms with Crippen LogP contribution in [0.2, 0.25) is 0 Å². The molecule has 0 radical (unpaired) electrons. The zero-order valence-electron chi connectivity index (χ0n) is 18.2. The quantitative estimate of drug-likeness (QED) is 0.450. The summed E-state index contributed by atoms with van der Waals surface area (Å²) in [4.78, 5) is 39.3. The highest BCUT2D eigenvalue weighted by molar-refractivity contribution is 7.99. The van der Waals surface area contributed by atoms with E-state index in [1.807, 2.05) is 16.7 Å². The van der Waals surface area contributed by atoms with Crippen LogP contribution in [0.1, 0.15) is 45.3 Å². The van der Waals surface area contributed by atoms with Gasteiger partial charge in [0.25, 0.3) is 5.91 Å². The molecule has 0 spiro atoms. The van der Waals surface area contributed by atoms with Crippen LogP contribution in [0.4, 0.5) is 10.7 Å². The number of imide groups is 1. The predicted octanol–water partition coefficient (Wildman–Crippen LogP) is 1.75. The first-order chi connectivity index (χ1) is 15.4. The molecule has 2 saturated heterocycles. The number of carbonyl (C=O) groups is 3. The molecule has 2 aliphatic rings. The molecule has 172 valence electrons. The number of aromatic nitrogens is 3. The van der Waals surface area contributed by atoms with Crippen molar-refractivity contribution in [1.82, 2.24) is 30.5 Å². The maximum atomic E-state index is 12.5. The van der Waals surface area contributed by atoms with Gasteiger partial charge in [-0.1, -0.05) is 18.7 Å². The molecular formula is C20H27N7O4S. The van der Waals surface area contributed by atoms with Crippen LogP contribution in [0, 0.1) is 0 Å². The van der Waals surface area contributed by atoms with Crippen LogP contribution in [0.25, 0.3) is 0 Å². The Bertz CT molecular complexity index is 986. The van der Waals surface area contributed by atoms with Crippen LogP contribution in [0.3, 0.4) is 0 Å². The summed E-state index contributed by atoms with van der Waals surface area (Å²) in [6.07, 6.45) is 5.43. The van der Waals surface area contributed by atoms with Gasteiger partial charge in [-0.25, -0.2) is 4.79 Å². The zero-order valence-corrected chi connectivity index (χ0v) is 19.0. The highest BCUT2D eigenvalue weighted by atomic mass is 32.2. The summed E-state index contributed by atoms with van der Waals surface area (Å²) in [5.41, 5.74) is 1.39. The number of furan rings is 1. The van der Waals surface area contributed by atoms with Gasteiger partial charge in [0.05, 0.1) is 18.6 Å². The minimum Gasteiger partial charge on any atom is -0.467 e. The average Bonchev–Trinajstić information content (AvgIpc) is 3.50. The van der Waals surface area contributed by atoms with Crippen LogP contribution in [-0.2, 0) is 16.1 Å². The third-order valence-electron chi connectivity index (χ3n) is 5.77. The summed E-state index contributed by atoms with van der Waals surface area (Å²) in [6.45, 7) is 5.68. The van der Waals surface area contributed by atoms with E-state index in [0.717, 1.165) is 42.6 Å². The Morgan fingerprint density at radius 2 is 2.06 bits per heavy atom. The largest absolute Gasteiger partial charge is 0.467 e. The fraction of sp³-hybridized carbons (Fsp3) is 0.550. The number of carbonyl (C=O) groups excluding carboxylic acids is 3. The normalized spacial score (nSPS) is 21.2. The smallest absolute Gasteiger partial charge is 0.344 e. The molecule has 0 aliphatic carbocycles. The first-order valence-electron chi connectivity index (χ1n) is 10.7. The van der Waals surface area contributed by atoms with E-state index < -0.39 is 23.4 Å². The van der Waals surface area contributed by atoms with Gasteiger partial charge in [-0.05, 0) is 44.7 Å². The van der Waals surface area contributed by atoms with Crippen LogP contribution in [0.15, 0.2) is 28.0 Å². The number of hydrogen-bond acceptors (Lipinski definition) is 8. The maximum Gasteiger partial charge on any atom is 0.344 e. The fourth-order valence-corrected chi connectivity index (χ4v) is 4.45. The van der Waals surface area contributed by atoms with Crippen molar-refractivity contribution in [3.8, 4) is 0 Å². The first kappa shape index (κ1) is 22.2. The lowest BCUT2D eigenvalue weighted by Crippen LogP contribution is -2.49. The predicted molar refractivity (Wildman–Crippen MR) is 117 cm³/mol. The van der Waals surface area contributed by atoms with Crippen molar-refractivity contribution in [2.45, 2.75) is 56.8 Å². The van der Waals surface area contributed by atoms with Gasteiger partial charge in [0.15, 0.2) is 5.16 Å². The van der Waals surface area contributed by atoms with Gasteiger partial charge in [0.1, 0.15) is 11.3 Å². The van der Waals surface area contributed by atoms with E-state index in [9.17, 15) is 14.4 Å². The maximum absolute atomic E-state index is 12.5. The van der Waals surface area contributed by atoms with Crippen LogP contribution in [0.5, 0.6) is 0 Å². The summed E-state index contributed by atoms with van der Waals surface area (Å²) < 4.78 is 7.43. The molecule has 2 aromatic heterocycles. The molecule has 1 atom stereocenters. The number of hydrazine groups is 1. The van der Waals surface area contributed by atoms with Crippen molar-refractivity contribution < 1.29 is 18.8 Å². The summed E-state index contributed by atoms with van der Waals surface area (Å²) in [7, 11) is 0. The van der Waals surface area contributed by atoms with Crippen molar-refractivity contribution in [3.05, 3.63) is 24.2 Å². The molecule has 0 saturated carbocycles. The molecule has 2 N–H and O–H groups in total. The minimum absolute atomic E-state index is 0.0316. The monoisotopic (exact) mass is 461 g/mol. The molecule has 4 heterocycles. The van der Waals surface area contributed by atoms with E-state index in [-0.39, 0.29) is 5.75 Å². The fourth-order valence-electron chi connectivity index (χ4n) is 3.72. The Morgan fingerprint density at radius 3 is 2.72 bits per heavy atom. The summed E-state index contributed by atoms with van der Waals surface area (Å²) in [6, 6.07) is 3.07. The van der Waals surface area contributed by atoms with E-state index in [4.69, 9.17) is 4.42 Å². The SMILES string of the molecule is CCC1(C)NC(=O)N(NC(=O)CSc2nnc(N3CCCCC3)n2Cc2ccco2)C1=O. The molecule has 12 heteroatoms. The summed E-state index contributed by atoms with van der Waals surface area (Å²) in [5.74, 6) is 0.517. The van der Waals surface area contributed by atoms with Crippen molar-refractivity contribution in [2.24, 2.45) is 0 Å². The van der Waals surface area contributed by atoms with Crippen molar-refractivity contribution in [1.29, 1.82) is 0 Å². The van der Waals surface area contributed by atoms with Gasteiger partial charge in [-0.2, -0.15) is 5.01 Å². The number of thioether (sulfide) groups is 1. The Kier molecular flexibility index (Phi) is 6.40. The van der Waals surface area contributed by atoms with Crippen molar-refractivity contribution in [3.63, 3.8) is 0 Å². The molecule has 0 bridgehead atoms. The van der Waals surface area contributed by atoms with E-state index in [2.05, 4.69) is 25.8 Å². The second kappa shape index (κ2) is 9.23. The molecule has 4 amide bonds. The molecule has 2 aromatic rings. The lowest BCUT2D eigenvalue weighted by molar-refractivity contribution is -0.137. The van der Waals surface area contributed by atoms with Gasteiger partial charge in [-0.3, -0.25) is 19.6 Å². The number of amides is 4. The van der Waals surface area contributed by atoms with Gasteiger partial charge in [0, 0.05) is 13.1 Å². The first-order valence-corrected chi connectivity index (χ1v) is 11.7. The standard InChI is InChI=1S/C20H27N7O4S/c1-3-20(2)16(29)27(18(30)21-20)24-15(28)13-32-19-23-22-17(25-9-5-4-6-10-25)26(19)12-14-8-7-11-31-14/h7-8,11H,3-6,9-10,12-13H2,1-2H3,(H,21,30)(H,24,28). The topological polar surface area (TPSA) is 126 Å². The third-order valence-corrected chi connectivity index (χ3v) is 6.73. The number of piperidine rings is 1. The van der Waals surface area contributed by atoms with Crippen LogP contribution < -0.4 is 15.6 Å². The number of nitrogens with zero attached hydrogens (tertiary/aromatic N) is 5. The Morgan fingerprint density at radius 1 is 1.28 bits per heavy atom. The van der Waals surface area contributed by atoms with E-state index in [0.29, 0.717) is 18.1 Å². The number of nitrogens with one attached hydrogen (secondary N) is 2. The number of rotatable bonds is 8. The molecule has 1 unspecified atom stereocenters. The van der Waals surface area contributed by atoms with Gasteiger partial charge < -0.3 is 14.6 Å². The van der Waals surface area contributed by atoms with Gasteiger partial charge in [0.2, 0.25) is 11.9 Å². The highest BCUT2D eigenvalue weighted by Gasteiger charge is 2.47. The summed E-state index contributed by atoms with van der Waals surface area (Å²) in [5, 5.41) is 12.6. The minimum atomic E-state index is -1.01. The molecule has 2 fully saturated rings. The lowest BCUT2D eigenvalue weighted by atomic mass is 10.00. The Balaban J connectivity index is 1.44. The number of hydrogen-bond donors (Lipinski definition) is 2. The van der Waals surface area contributed by atoms with Gasteiger partial charge >= 0.3 is 6.03 Å². The number of anilines is 1. The van der Waals surface area contributed by atoms with Crippen molar-refractivity contribution in [2.75, 3.05) is 23.7 Å². The summed E-state index contributed by atoms with van der Waals surface area (Å²) >= 11 is 1.19. The molecular weight excluding hydrogens is 434 g/mol. The number of urea groups is 1. The third kappa shape index (κ3) is 4.45. The zero-order chi connectivity index (χ0) is 22.7. The Hall–Kier alpha value is -3.02. The molecule has 4 rings (SSSR count). The Labute approximate surface area is 189 Å². The molecule has 0 aromatic carbocycles. The van der Waals surface area contributed by atoms with Crippen LogP contribution in [-0.4, -0.2) is 62.0 Å². The van der Waals surface area contributed by atoms with E-state index >= 15 is 0 Å². The van der Waals surface area contributed by atoms with Crippen molar-refractivity contribution >= 4 is 35.6 Å². The second-order valence-corrected chi connectivity index (χ2v) is 9.02. The average molecular weight is 462 g/mol.